The summed E-state index contributed by atoms with van der Waals surface area (Å²) in [6, 6.07) is 3.47. The molecular formula is C11H12N4O3. The second-order valence-corrected chi connectivity index (χ2v) is 3.41. The van der Waals surface area contributed by atoms with Crippen LogP contribution in [0.3, 0.4) is 0 Å². The maximum absolute atomic E-state index is 11.6. The minimum atomic E-state index is -0.417. The van der Waals surface area contributed by atoms with Crippen LogP contribution in [0.25, 0.3) is 11.4 Å². The van der Waals surface area contributed by atoms with Crippen molar-refractivity contribution in [1.82, 2.24) is 20.4 Å². The van der Waals surface area contributed by atoms with Crippen LogP contribution >= 0.6 is 0 Å². The minimum Gasteiger partial charge on any atom is -0.383 e. The van der Waals surface area contributed by atoms with E-state index in [2.05, 4.69) is 20.4 Å². The summed E-state index contributed by atoms with van der Waals surface area (Å²) in [4.78, 5) is 19.5. The van der Waals surface area contributed by atoms with Crippen molar-refractivity contribution in [2.45, 2.75) is 0 Å². The average Bonchev–Trinajstić information content (AvgIpc) is 2.89. The summed E-state index contributed by atoms with van der Waals surface area (Å²) in [6.07, 6.45) is 3.23. The quantitative estimate of drug-likeness (QED) is 0.775. The summed E-state index contributed by atoms with van der Waals surface area (Å²) in [5, 5.41) is 6.32. The van der Waals surface area contributed by atoms with Gasteiger partial charge in [0.15, 0.2) is 0 Å². The molecule has 0 bridgehead atoms. The van der Waals surface area contributed by atoms with Gasteiger partial charge >= 0.3 is 11.8 Å². The maximum atomic E-state index is 11.6. The molecule has 0 radical (unpaired) electrons. The highest BCUT2D eigenvalue weighted by Crippen LogP contribution is 2.13. The van der Waals surface area contributed by atoms with E-state index in [0.717, 1.165) is 5.56 Å². The Labute approximate surface area is 103 Å². The molecule has 0 aromatic carbocycles. The molecule has 7 heteroatoms. The molecule has 0 spiro atoms. The van der Waals surface area contributed by atoms with E-state index in [1.54, 1.807) is 31.6 Å². The number of amides is 1. The highest BCUT2D eigenvalue weighted by Gasteiger charge is 2.15. The van der Waals surface area contributed by atoms with Crippen LogP contribution in [0.4, 0.5) is 0 Å². The van der Waals surface area contributed by atoms with Gasteiger partial charge in [-0.2, -0.15) is 4.98 Å². The fourth-order valence-electron chi connectivity index (χ4n) is 1.28. The van der Waals surface area contributed by atoms with Crippen LogP contribution in [0, 0.1) is 0 Å². The van der Waals surface area contributed by atoms with Gasteiger partial charge < -0.3 is 14.6 Å². The smallest absolute Gasteiger partial charge is 0.316 e. The number of carbonyl (C=O) groups is 1. The summed E-state index contributed by atoms with van der Waals surface area (Å²) in [5.41, 5.74) is 0.740. The van der Waals surface area contributed by atoms with Crippen molar-refractivity contribution >= 4 is 5.91 Å². The predicted molar refractivity (Wildman–Crippen MR) is 61.7 cm³/mol. The van der Waals surface area contributed by atoms with Gasteiger partial charge in [-0.3, -0.25) is 9.78 Å². The van der Waals surface area contributed by atoms with Crippen molar-refractivity contribution in [3.8, 4) is 11.4 Å². The van der Waals surface area contributed by atoms with Crippen LogP contribution in [0.5, 0.6) is 0 Å². The van der Waals surface area contributed by atoms with E-state index in [9.17, 15) is 4.79 Å². The third-order valence-electron chi connectivity index (χ3n) is 2.15. The average molecular weight is 248 g/mol. The largest absolute Gasteiger partial charge is 0.383 e. The lowest BCUT2D eigenvalue weighted by molar-refractivity contribution is 0.0893. The second-order valence-electron chi connectivity index (χ2n) is 3.41. The van der Waals surface area contributed by atoms with Gasteiger partial charge in [0.25, 0.3) is 0 Å². The van der Waals surface area contributed by atoms with Crippen molar-refractivity contribution in [2.24, 2.45) is 0 Å². The molecule has 7 nitrogen and oxygen atoms in total. The molecule has 2 aromatic heterocycles. The van der Waals surface area contributed by atoms with E-state index >= 15 is 0 Å². The maximum Gasteiger partial charge on any atom is 0.316 e. The molecule has 0 aliphatic rings. The van der Waals surface area contributed by atoms with Crippen molar-refractivity contribution in [1.29, 1.82) is 0 Å². The lowest BCUT2D eigenvalue weighted by Gasteiger charge is -1.99. The molecule has 94 valence electrons. The van der Waals surface area contributed by atoms with E-state index in [1.807, 2.05) is 0 Å². The van der Waals surface area contributed by atoms with Gasteiger partial charge in [0.2, 0.25) is 5.82 Å². The van der Waals surface area contributed by atoms with Gasteiger partial charge in [-0.15, -0.1) is 0 Å². The highest BCUT2D eigenvalue weighted by molar-refractivity contribution is 5.89. The zero-order valence-electron chi connectivity index (χ0n) is 9.79. The Morgan fingerprint density at radius 3 is 2.94 bits per heavy atom. The zero-order valence-corrected chi connectivity index (χ0v) is 9.79. The molecule has 1 amide bonds. The molecule has 0 saturated heterocycles. The number of nitrogens with one attached hydrogen (secondary N) is 1. The highest BCUT2D eigenvalue weighted by atomic mass is 16.5. The summed E-state index contributed by atoms with van der Waals surface area (Å²) >= 11 is 0. The predicted octanol–water partition coefficient (Wildman–Crippen LogP) is 0.508. The van der Waals surface area contributed by atoms with Crippen molar-refractivity contribution < 1.29 is 14.1 Å². The van der Waals surface area contributed by atoms with Gasteiger partial charge in [-0.25, -0.2) is 0 Å². The molecule has 2 heterocycles. The first kappa shape index (κ1) is 12.2. The van der Waals surface area contributed by atoms with E-state index in [-0.39, 0.29) is 5.89 Å². The second kappa shape index (κ2) is 5.87. The molecule has 0 unspecified atom stereocenters. The fraction of sp³-hybridized carbons (Fsp3) is 0.273. The molecule has 0 aliphatic carbocycles. The van der Waals surface area contributed by atoms with Gasteiger partial charge in [-0.05, 0) is 12.1 Å². The van der Waals surface area contributed by atoms with Crippen LogP contribution < -0.4 is 5.32 Å². The molecule has 0 saturated carbocycles. The molecule has 1 N–H and O–H groups in total. The molecule has 0 fully saturated rings. The van der Waals surface area contributed by atoms with Crippen LogP contribution in [0.15, 0.2) is 29.0 Å². The number of aromatic nitrogens is 3. The van der Waals surface area contributed by atoms with E-state index in [1.165, 1.54) is 0 Å². The van der Waals surface area contributed by atoms with Crippen molar-refractivity contribution in [3.63, 3.8) is 0 Å². The Balaban J connectivity index is 2.04. The standard InChI is InChI=1S/C11H12N4O3/c1-17-7-6-13-10(16)11-14-9(15-18-11)8-2-4-12-5-3-8/h2-5H,6-7H2,1H3,(H,13,16). The number of hydrogen-bond donors (Lipinski definition) is 1. The fourth-order valence-corrected chi connectivity index (χ4v) is 1.28. The Morgan fingerprint density at radius 1 is 1.44 bits per heavy atom. The van der Waals surface area contributed by atoms with E-state index in [0.29, 0.717) is 19.0 Å². The Morgan fingerprint density at radius 2 is 2.22 bits per heavy atom. The Bertz CT molecular complexity index is 512. The van der Waals surface area contributed by atoms with Gasteiger partial charge in [-0.1, -0.05) is 5.16 Å². The summed E-state index contributed by atoms with van der Waals surface area (Å²) < 4.78 is 9.69. The molecule has 18 heavy (non-hydrogen) atoms. The lowest BCUT2D eigenvalue weighted by Crippen LogP contribution is -2.27. The molecule has 2 rings (SSSR count). The van der Waals surface area contributed by atoms with Crippen LogP contribution in [0.1, 0.15) is 10.7 Å². The number of ether oxygens (including phenoxy) is 1. The minimum absolute atomic E-state index is 0.0714. The SMILES string of the molecule is COCCNC(=O)c1nc(-c2ccncc2)no1. The van der Waals surface area contributed by atoms with Crippen molar-refractivity contribution in [2.75, 3.05) is 20.3 Å². The summed E-state index contributed by atoms with van der Waals surface area (Å²) in [6.45, 7) is 0.819. The molecule has 0 aliphatic heterocycles. The first-order valence-electron chi connectivity index (χ1n) is 5.32. The third kappa shape index (κ3) is 2.89. The first-order chi connectivity index (χ1) is 8.81. The number of hydrogen-bond acceptors (Lipinski definition) is 6. The van der Waals surface area contributed by atoms with E-state index in [4.69, 9.17) is 9.26 Å². The first-order valence-corrected chi connectivity index (χ1v) is 5.32. The number of carbonyl (C=O) groups excluding carboxylic acids is 1. The summed E-state index contributed by atoms with van der Waals surface area (Å²) in [5.74, 6) is -0.132. The Hall–Kier alpha value is -2.28. The Kier molecular flexibility index (Phi) is 3.98. The summed E-state index contributed by atoms with van der Waals surface area (Å²) in [7, 11) is 1.56. The molecular weight excluding hydrogens is 236 g/mol. The molecule has 0 atom stereocenters. The molecule has 2 aromatic rings. The normalized spacial score (nSPS) is 10.3. The van der Waals surface area contributed by atoms with Crippen LogP contribution in [-0.2, 0) is 4.74 Å². The van der Waals surface area contributed by atoms with Gasteiger partial charge in [0, 0.05) is 31.6 Å². The number of methoxy groups -OCH3 is 1. The van der Waals surface area contributed by atoms with E-state index < -0.39 is 5.91 Å². The lowest BCUT2D eigenvalue weighted by atomic mass is 10.2. The van der Waals surface area contributed by atoms with Crippen molar-refractivity contribution in [3.05, 3.63) is 30.4 Å². The topological polar surface area (TPSA) is 90.1 Å². The monoisotopic (exact) mass is 248 g/mol. The van der Waals surface area contributed by atoms with Crippen LogP contribution in [-0.4, -0.2) is 41.3 Å². The zero-order chi connectivity index (χ0) is 12.8. The number of pyridine rings is 1. The van der Waals surface area contributed by atoms with Gasteiger partial charge in [0.1, 0.15) is 0 Å². The number of nitrogens with zero attached hydrogens (tertiary/aromatic N) is 3. The third-order valence-corrected chi connectivity index (χ3v) is 2.15. The van der Waals surface area contributed by atoms with Gasteiger partial charge in [0.05, 0.1) is 6.61 Å². The number of rotatable bonds is 5. The van der Waals surface area contributed by atoms with Crippen LogP contribution in [0.2, 0.25) is 0 Å².